The zero-order valence-corrected chi connectivity index (χ0v) is 31.1. The third-order valence-corrected chi connectivity index (χ3v) is 9.91. The minimum absolute atomic E-state index is 0.0371. The molecule has 0 unspecified atom stereocenters. The summed E-state index contributed by atoms with van der Waals surface area (Å²) >= 11 is 0. The second-order valence-electron chi connectivity index (χ2n) is 13.9. The first kappa shape index (κ1) is 41.9. The molecule has 0 N–H and O–H groups in total. The fourth-order valence-corrected chi connectivity index (χ4v) is 6.99. The topological polar surface area (TPSA) is 104 Å². The molecule has 0 aliphatic rings. The number of hydrogen-bond donors (Lipinski definition) is 0. The molecule has 5 aromatic carbocycles. The van der Waals surface area contributed by atoms with E-state index in [-0.39, 0.29) is 79.1 Å². The Bertz CT molecular complexity index is 2990. The minimum atomic E-state index is -5.19. The number of nitriles is 2. The molecule has 314 valence electrons. The molecule has 0 amide bonds. The lowest BCUT2D eigenvalue weighted by molar-refractivity contribution is -0.144. The third kappa shape index (κ3) is 8.08. The van der Waals surface area contributed by atoms with Crippen molar-refractivity contribution in [2.45, 2.75) is 24.7 Å². The molecule has 0 spiro atoms. The van der Waals surface area contributed by atoms with Crippen molar-refractivity contribution >= 4 is 21.8 Å². The Labute approximate surface area is 345 Å². The first-order chi connectivity index (χ1) is 29.6. The van der Waals surface area contributed by atoms with Gasteiger partial charge in [-0.2, -0.15) is 63.2 Å². The molecule has 3 heterocycles. The van der Waals surface area contributed by atoms with Crippen LogP contribution in [-0.4, -0.2) is 24.5 Å². The maximum Gasteiger partial charge on any atom is 0.416 e. The van der Waals surface area contributed by atoms with Crippen LogP contribution in [0.1, 0.15) is 33.4 Å². The van der Waals surface area contributed by atoms with Gasteiger partial charge in [-0.05, 0) is 101 Å². The second-order valence-corrected chi connectivity index (χ2v) is 13.9. The van der Waals surface area contributed by atoms with Crippen molar-refractivity contribution < 1.29 is 52.7 Å². The summed E-state index contributed by atoms with van der Waals surface area (Å²) in [6.07, 6.45) is -15.7. The first-order valence-corrected chi connectivity index (χ1v) is 17.9. The molecule has 63 heavy (non-hydrogen) atoms. The molecule has 0 atom stereocenters. The van der Waals surface area contributed by atoms with E-state index < -0.39 is 58.1 Å². The lowest BCUT2D eigenvalue weighted by atomic mass is 9.96. The Kier molecular flexibility index (Phi) is 9.97. The van der Waals surface area contributed by atoms with Gasteiger partial charge in [0, 0.05) is 46.7 Å². The Morgan fingerprint density at radius 3 is 1.13 bits per heavy atom. The molecule has 0 saturated carbocycles. The van der Waals surface area contributed by atoms with Crippen LogP contribution in [0.2, 0.25) is 0 Å². The molecule has 0 saturated heterocycles. The van der Waals surface area contributed by atoms with E-state index >= 15 is 0 Å². The van der Waals surface area contributed by atoms with Crippen molar-refractivity contribution in [1.82, 2.24) is 24.5 Å². The predicted molar refractivity (Wildman–Crippen MR) is 203 cm³/mol. The number of aromatic nitrogens is 5. The summed E-state index contributed by atoms with van der Waals surface area (Å²) in [5.41, 5.74) is -6.07. The average molecular weight is 874 g/mol. The van der Waals surface area contributed by atoms with E-state index in [0.29, 0.717) is 29.8 Å². The molecule has 0 aliphatic heterocycles. The van der Waals surface area contributed by atoms with E-state index in [1.54, 1.807) is 22.8 Å². The molecule has 19 heteroatoms. The summed E-state index contributed by atoms with van der Waals surface area (Å²) in [4.78, 5) is 17.1. The number of alkyl halides is 12. The number of nitrogens with zero attached hydrogens (tertiary/aromatic N) is 7. The fraction of sp³-hybridized carbons (Fsp3) is 0.0909. The van der Waals surface area contributed by atoms with Crippen LogP contribution in [0, 0.1) is 22.7 Å². The normalized spacial score (nSPS) is 12.4. The molecule has 3 aromatic heterocycles. The van der Waals surface area contributed by atoms with E-state index in [0.717, 1.165) is 0 Å². The number of benzene rings is 5. The van der Waals surface area contributed by atoms with Crippen LogP contribution < -0.4 is 0 Å². The quantitative estimate of drug-likeness (QED) is 0.160. The number of rotatable bonds is 5. The summed E-state index contributed by atoms with van der Waals surface area (Å²) in [5.74, 6) is 0.195. The van der Waals surface area contributed by atoms with Gasteiger partial charge in [-0.25, -0.2) is 19.9 Å². The number of fused-ring (bicyclic) bond motifs is 3. The summed E-state index contributed by atoms with van der Waals surface area (Å²) in [7, 11) is 0. The van der Waals surface area contributed by atoms with Gasteiger partial charge in [0.1, 0.15) is 12.1 Å². The largest absolute Gasteiger partial charge is 0.416 e. The summed E-state index contributed by atoms with van der Waals surface area (Å²) in [6, 6.07) is 18.3. The number of halogens is 12. The zero-order chi connectivity index (χ0) is 45.2. The van der Waals surface area contributed by atoms with Gasteiger partial charge in [-0.3, -0.25) is 0 Å². The van der Waals surface area contributed by atoms with Crippen molar-refractivity contribution in [3.8, 4) is 62.9 Å². The van der Waals surface area contributed by atoms with E-state index in [1.807, 2.05) is 12.1 Å². The van der Waals surface area contributed by atoms with Crippen LogP contribution in [0.25, 0.3) is 72.5 Å². The van der Waals surface area contributed by atoms with Crippen molar-refractivity contribution in [3.05, 3.63) is 149 Å². The molecular weight excluding hydrogens is 855 g/mol. The molecule has 0 bridgehead atoms. The van der Waals surface area contributed by atoms with Crippen LogP contribution in [0.3, 0.4) is 0 Å². The molecule has 0 aliphatic carbocycles. The Morgan fingerprint density at radius 1 is 0.397 bits per heavy atom. The van der Waals surface area contributed by atoms with E-state index in [2.05, 4.69) is 19.9 Å². The second kappa shape index (κ2) is 15.0. The van der Waals surface area contributed by atoms with Crippen molar-refractivity contribution in [3.63, 3.8) is 0 Å². The van der Waals surface area contributed by atoms with Gasteiger partial charge in [0.25, 0.3) is 0 Å². The Morgan fingerprint density at radius 2 is 0.762 bits per heavy atom. The minimum Gasteiger partial charge on any atom is -0.308 e. The van der Waals surface area contributed by atoms with Crippen LogP contribution in [0.15, 0.2) is 116 Å². The molecule has 8 aromatic rings. The maximum absolute atomic E-state index is 13.9. The van der Waals surface area contributed by atoms with Gasteiger partial charge in [0.2, 0.25) is 0 Å². The first-order valence-electron chi connectivity index (χ1n) is 17.9. The van der Waals surface area contributed by atoms with Crippen LogP contribution >= 0.6 is 0 Å². The SMILES string of the molecule is N#Cc1cnc(-c2ccc(-n3c4ccc(-c5cc(C(F)(F)F)cc(C(F)(F)F)c5)cc4c4cc(-c5cc(C(F)(F)F)cc(C(F)(F)F)c5)ccc43)c(-c3ncc(C#N)cn3)c2)nc1. The molecule has 0 radical (unpaired) electrons. The smallest absolute Gasteiger partial charge is 0.308 e. The van der Waals surface area contributed by atoms with Gasteiger partial charge in [-0.1, -0.05) is 12.1 Å². The average Bonchev–Trinajstić information content (AvgIpc) is 3.57. The van der Waals surface area contributed by atoms with Crippen molar-refractivity contribution in [2.75, 3.05) is 0 Å². The fourth-order valence-electron chi connectivity index (χ4n) is 6.99. The van der Waals surface area contributed by atoms with Crippen LogP contribution in [-0.2, 0) is 24.7 Å². The standard InChI is InChI=1S/C44H19F12N7/c45-41(46,47)29-7-27(8-30(14-29)42(48,49)50)24-1-4-36-33(11-24)34-12-25(28-9-31(43(51,52)53)15-32(10-28)44(54,55)56)2-5-37(34)63(36)38-6-3-26(39-59-18-22(16-57)19-60-39)13-35(38)40-61-20-23(17-58)21-62-40/h1-15,18-21H. The number of hydrogen-bond acceptors (Lipinski definition) is 6. The summed E-state index contributed by atoms with van der Waals surface area (Å²) in [5, 5.41) is 18.9. The monoisotopic (exact) mass is 873 g/mol. The van der Waals surface area contributed by atoms with Gasteiger partial charge < -0.3 is 4.57 Å². The van der Waals surface area contributed by atoms with Crippen molar-refractivity contribution in [1.29, 1.82) is 10.5 Å². The van der Waals surface area contributed by atoms with E-state index in [1.165, 1.54) is 61.2 Å². The van der Waals surface area contributed by atoms with E-state index in [9.17, 15) is 63.2 Å². The lowest BCUT2D eigenvalue weighted by Crippen LogP contribution is -2.11. The summed E-state index contributed by atoms with van der Waals surface area (Å²) < 4.78 is 169. The van der Waals surface area contributed by atoms with Gasteiger partial charge in [0.15, 0.2) is 11.6 Å². The molecule has 0 fully saturated rings. The third-order valence-electron chi connectivity index (χ3n) is 9.91. The van der Waals surface area contributed by atoms with Crippen LogP contribution in [0.4, 0.5) is 52.7 Å². The van der Waals surface area contributed by atoms with Crippen LogP contribution in [0.5, 0.6) is 0 Å². The highest BCUT2D eigenvalue weighted by Crippen LogP contribution is 2.44. The highest BCUT2D eigenvalue weighted by molar-refractivity contribution is 6.12. The molecule has 7 nitrogen and oxygen atoms in total. The van der Waals surface area contributed by atoms with Crippen molar-refractivity contribution in [2.24, 2.45) is 0 Å². The Hall–Kier alpha value is -7.80. The highest BCUT2D eigenvalue weighted by atomic mass is 19.4. The van der Waals surface area contributed by atoms with Gasteiger partial charge in [0.05, 0.1) is 50.1 Å². The van der Waals surface area contributed by atoms with E-state index in [4.69, 9.17) is 0 Å². The molecular formula is C44H19F12N7. The molecule has 8 rings (SSSR count). The Balaban J connectivity index is 1.44. The highest BCUT2D eigenvalue weighted by Gasteiger charge is 2.38. The lowest BCUT2D eigenvalue weighted by Gasteiger charge is -2.16. The summed E-state index contributed by atoms with van der Waals surface area (Å²) in [6.45, 7) is 0. The zero-order valence-electron chi connectivity index (χ0n) is 31.1. The van der Waals surface area contributed by atoms with Gasteiger partial charge in [-0.15, -0.1) is 0 Å². The maximum atomic E-state index is 13.9. The predicted octanol–water partition coefficient (Wildman–Crippen LogP) is 12.9. The van der Waals surface area contributed by atoms with Gasteiger partial charge >= 0.3 is 24.7 Å².